The molecule has 0 unspecified atom stereocenters. The van der Waals surface area contributed by atoms with Gasteiger partial charge in [-0.25, -0.2) is 0 Å². The van der Waals surface area contributed by atoms with E-state index in [9.17, 15) is 0 Å². The number of rotatable bonds is 0. The first-order valence-corrected chi connectivity index (χ1v) is 14.8. The Bertz CT molecular complexity index is 2740. The van der Waals surface area contributed by atoms with Crippen molar-refractivity contribution in [2.75, 3.05) is 0 Å². The van der Waals surface area contributed by atoms with Gasteiger partial charge >= 0.3 is 0 Å². The lowest BCUT2D eigenvalue weighted by Gasteiger charge is -2.22. The van der Waals surface area contributed by atoms with Crippen molar-refractivity contribution in [2.24, 2.45) is 0 Å². The molecule has 0 saturated heterocycles. The molecule has 11 aromatic rings. The summed E-state index contributed by atoms with van der Waals surface area (Å²) in [7, 11) is 0. The molecule has 0 fully saturated rings. The highest BCUT2D eigenvalue weighted by molar-refractivity contribution is 6.49. The van der Waals surface area contributed by atoms with Gasteiger partial charge in [0.25, 0.3) is 0 Å². The molecule has 0 aliphatic rings. The average Bonchev–Trinajstić information content (AvgIpc) is 3.05. The fourth-order valence-corrected chi connectivity index (χ4v) is 8.31. The minimum Gasteiger partial charge on any atom is -0.0616 e. The lowest BCUT2D eigenvalue weighted by atomic mass is 9.80. The first-order chi connectivity index (χ1) is 20.8. The molecule has 0 aliphatic heterocycles. The van der Waals surface area contributed by atoms with E-state index in [4.69, 9.17) is 0 Å². The van der Waals surface area contributed by atoms with E-state index in [0.717, 1.165) is 0 Å². The molecule has 190 valence electrons. The van der Waals surface area contributed by atoms with Crippen molar-refractivity contribution in [3.63, 3.8) is 0 Å². The molecule has 0 spiro atoms. The number of hydrogen-bond acceptors (Lipinski definition) is 0. The Hall–Kier alpha value is -5.46. The van der Waals surface area contributed by atoms with E-state index >= 15 is 0 Å². The molecule has 0 heteroatoms. The molecule has 0 bridgehead atoms. The molecule has 11 rings (SSSR count). The Labute approximate surface area is 240 Å². The molecule has 0 nitrogen and oxygen atoms in total. The van der Waals surface area contributed by atoms with Crippen LogP contribution in [0.15, 0.2) is 133 Å². The van der Waals surface area contributed by atoms with Crippen LogP contribution in [0, 0.1) is 0 Å². The molecule has 0 N–H and O–H groups in total. The molecule has 0 aliphatic carbocycles. The summed E-state index contributed by atoms with van der Waals surface area (Å²) < 4.78 is 0. The Morgan fingerprint density at radius 2 is 0.571 bits per heavy atom. The van der Waals surface area contributed by atoms with Gasteiger partial charge in [-0.3, -0.25) is 0 Å². The number of fused-ring (bicyclic) bond motifs is 10. The molecular weight excluding hydrogens is 504 g/mol. The Morgan fingerprint density at radius 3 is 1.00 bits per heavy atom. The molecule has 0 heterocycles. The van der Waals surface area contributed by atoms with Crippen LogP contribution in [0.1, 0.15) is 0 Å². The van der Waals surface area contributed by atoms with E-state index in [1.54, 1.807) is 0 Å². The molecule has 42 heavy (non-hydrogen) atoms. The molecular formula is C42H22. The maximum absolute atomic E-state index is 2.44. The van der Waals surface area contributed by atoms with Gasteiger partial charge in [0.15, 0.2) is 0 Å². The van der Waals surface area contributed by atoms with E-state index in [-0.39, 0.29) is 0 Å². The highest BCUT2D eigenvalue weighted by Crippen LogP contribution is 2.51. The van der Waals surface area contributed by atoms with Crippen molar-refractivity contribution in [1.82, 2.24) is 0 Å². The van der Waals surface area contributed by atoms with Crippen LogP contribution < -0.4 is 0 Å². The van der Waals surface area contributed by atoms with E-state index in [1.165, 1.54) is 108 Å². The lowest BCUT2D eigenvalue weighted by molar-refractivity contribution is 1.79. The topological polar surface area (TPSA) is 0 Å². The predicted molar refractivity (Wildman–Crippen MR) is 184 cm³/mol. The van der Waals surface area contributed by atoms with Crippen molar-refractivity contribution in [1.29, 1.82) is 0 Å². The summed E-state index contributed by atoms with van der Waals surface area (Å²) in [5.74, 6) is 0. The van der Waals surface area contributed by atoms with Crippen molar-refractivity contribution in [3.8, 4) is 0 Å². The van der Waals surface area contributed by atoms with Crippen LogP contribution in [-0.4, -0.2) is 0 Å². The second-order valence-electron chi connectivity index (χ2n) is 12.0. The molecule has 0 atom stereocenters. The summed E-state index contributed by atoms with van der Waals surface area (Å²) >= 11 is 0. The fraction of sp³-hybridized carbons (Fsp3) is 0. The van der Waals surface area contributed by atoms with Crippen LogP contribution in [0.3, 0.4) is 0 Å². The van der Waals surface area contributed by atoms with Gasteiger partial charge in [-0.05, 0) is 132 Å². The van der Waals surface area contributed by atoms with E-state index < -0.39 is 0 Å². The van der Waals surface area contributed by atoms with Crippen molar-refractivity contribution < 1.29 is 0 Å². The van der Waals surface area contributed by atoms with Crippen LogP contribution in [0.5, 0.6) is 0 Å². The average molecular weight is 527 g/mol. The summed E-state index contributed by atoms with van der Waals surface area (Å²) in [6, 6.07) is 50.5. The summed E-state index contributed by atoms with van der Waals surface area (Å²) in [5, 5.41) is 26.9. The van der Waals surface area contributed by atoms with Crippen molar-refractivity contribution >= 4 is 108 Å². The molecule has 0 aromatic heterocycles. The zero-order chi connectivity index (χ0) is 27.1. The minimum atomic E-state index is 1.29. The fourth-order valence-electron chi connectivity index (χ4n) is 8.31. The van der Waals surface area contributed by atoms with Gasteiger partial charge in [0.05, 0.1) is 0 Å². The van der Waals surface area contributed by atoms with Gasteiger partial charge in [0, 0.05) is 0 Å². The highest BCUT2D eigenvalue weighted by atomic mass is 14.2. The van der Waals surface area contributed by atoms with Crippen LogP contribution in [-0.2, 0) is 0 Å². The van der Waals surface area contributed by atoms with Gasteiger partial charge in [-0.1, -0.05) is 109 Å². The maximum Gasteiger partial charge on any atom is -0.000762 e. The summed E-state index contributed by atoms with van der Waals surface area (Å²) in [6.45, 7) is 0. The lowest BCUT2D eigenvalue weighted by Crippen LogP contribution is -1.93. The predicted octanol–water partition coefficient (Wildman–Crippen LogP) is 12.1. The van der Waals surface area contributed by atoms with E-state index in [2.05, 4.69) is 133 Å². The second kappa shape index (κ2) is 7.24. The molecule has 0 saturated carbocycles. The van der Waals surface area contributed by atoms with Gasteiger partial charge in [0.1, 0.15) is 0 Å². The third kappa shape index (κ3) is 2.43. The smallest absolute Gasteiger partial charge is 0.000762 e. The summed E-state index contributed by atoms with van der Waals surface area (Å²) in [5.41, 5.74) is 0. The number of hydrogen-bond donors (Lipinski definition) is 0. The van der Waals surface area contributed by atoms with Gasteiger partial charge in [0.2, 0.25) is 0 Å². The van der Waals surface area contributed by atoms with Crippen LogP contribution in [0.2, 0.25) is 0 Å². The first-order valence-electron chi connectivity index (χ1n) is 14.8. The largest absolute Gasteiger partial charge is 0.0616 e. The normalized spacial score (nSPS) is 12.8. The van der Waals surface area contributed by atoms with Crippen LogP contribution in [0.25, 0.3) is 108 Å². The Balaban J connectivity index is 1.56. The second-order valence-corrected chi connectivity index (χ2v) is 12.0. The van der Waals surface area contributed by atoms with E-state index in [0.29, 0.717) is 0 Å². The third-order valence-electron chi connectivity index (χ3n) is 10.0. The van der Waals surface area contributed by atoms with E-state index in [1.807, 2.05) is 0 Å². The van der Waals surface area contributed by atoms with Gasteiger partial charge in [-0.2, -0.15) is 0 Å². The zero-order valence-corrected chi connectivity index (χ0v) is 22.7. The molecule has 0 amide bonds. The Kier molecular flexibility index (Phi) is 3.67. The maximum atomic E-state index is 2.44. The van der Waals surface area contributed by atoms with Gasteiger partial charge < -0.3 is 0 Å². The monoisotopic (exact) mass is 526 g/mol. The van der Waals surface area contributed by atoms with Crippen LogP contribution >= 0.6 is 0 Å². The first kappa shape index (κ1) is 21.3. The summed E-state index contributed by atoms with van der Waals surface area (Å²) in [6.07, 6.45) is 0. The van der Waals surface area contributed by atoms with Crippen molar-refractivity contribution in [2.45, 2.75) is 0 Å². The molecule has 11 aromatic carbocycles. The van der Waals surface area contributed by atoms with Gasteiger partial charge in [-0.15, -0.1) is 0 Å². The zero-order valence-electron chi connectivity index (χ0n) is 22.7. The SMILES string of the molecule is c1ccc2cc3c(cc2c1)c1cccc2ccc4c5c6cc7ccccc7cc6c6cccc7ccc(c3c4c21)c5c76. The highest BCUT2D eigenvalue weighted by Gasteiger charge is 2.22. The van der Waals surface area contributed by atoms with Crippen LogP contribution in [0.4, 0.5) is 0 Å². The number of benzene rings is 11. The standard InChI is InChI=1S/C42H22/c1-3-9-27-21-35-33(19-25(27)7-1)29-13-5-11-23-15-18-32-40-36-22-28-10-4-2-8-26(28)20-34(36)30-14-6-12-24-16-17-31(42(40)38(24)30)39(35)41(32)37(23)29/h1-22H. The third-order valence-corrected chi connectivity index (χ3v) is 10.0. The Morgan fingerprint density at radius 1 is 0.190 bits per heavy atom. The molecule has 0 radical (unpaired) electrons. The van der Waals surface area contributed by atoms with Crippen molar-refractivity contribution in [3.05, 3.63) is 133 Å². The quantitative estimate of drug-likeness (QED) is 0.136. The summed E-state index contributed by atoms with van der Waals surface area (Å²) in [4.78, 5) is 0. The minimum absolute atomic E-state index is 1.29.